The van der Waals surface area contributed by atoms with Gasteiger partial charge < -0.3 is 0 Å². The fourth-order valence-electron chi connectivity index (χ4n) is 0.719. The first-order valence-electron chi connectivity index (χ1n) is 4.20. The molecule has 3 nitrogen and oxygen atoms in total. The number of hydrogen-bond donors (Lipinski definition) is 0. The number of nitrogens with zero attached hydrogens (tertiary/aromatic N) is 1. The van der Waals surface area contributed by atoms with Crippen LogP contribution in [0.1, 0.15) is 5.69 Å². The summed E-state index contributed by atoms with van der Waals surface area (Å²) in [6.07, 6.45) is 1.72. The average molecular weight is 269 g/mol. The van der Waals surface area contributed by atoms with Gasteiger partial charge in [-0.15, -0.1) is 11.8 Å². The summed E-state index contributed by atoms with van der Waals surface area (Å²) >= 11 is 0. The molecule has 1 aromatic heterocycles. The largest absolute Gasteiger partial charge is 6.00 e. The molecule has 0 radical (unpaired) electrons. The Bertz CT molecular complexity index is 331. The van der Waals surface area contributed by atoms with Gasteiger partial charge in [0.2, 0.25) is 0 Å². The Morgan fingerprint density at radius 3 is 1.71 bits per heavy atom. The predicted octanol–water partition coefficient (Wildman–Crippen LogP) is 2.59. The van der Waals surface area contributed by atoms with E-state index in [1.54, 1.807) is 6.20 Å². The minimum atomic E-state index is 0. The molecule has 0 N–H and O–H groups in total. The normalized spacial score (nSPS) is 6.12. The minimum absolute atomic E-state index is 0. The molecule has 0 atom stereocenters. The van der Waals surface area contributed by atoms with Crippen LogP contribution in [-0.4, -0.2) is 4.98 Å². The molecule has 4 heteroatoms. The molecule has 2 aromatic rings. The van der Waals surface area contributed by atoms with E-state index in [2.05, 4.69) is 25.2 Å². The van der Waals surface area contributed by atoms with Crippen molar-refractivity contribution < 1.29 is 26.4 Å². The van der Waals surface area contributed by atoms with Crippen molar-refractivity contribution in [2.75, 3.05) is 0 Å². The van der Waals surface area contributed by atoms with Crippen molar-refractivity contribution in [3.05, 3.63) is 80.6 Å². The monoisotopic (exact) mass is 269 g/mol. The zero-order valence-corrected chi connectivity index (χ0v) is 10.1. The van der Waals surface area contributed by atoms with E-state index in [1.165, 1.54) is 0 Å². The van der Waals surface area contributed by atoms with Crippen molar-refractivity contribution in [2.24, 2.45) is 0 Å². The van der Waals surface area contributed by atoms with Crippen molar-refractivity contribution in [3.8, 4) is 0 Å². The second kappa shape index (κ2) is 19.9. The molecule has 84 valence electrons. The van der Waals surface area contributed by atoms with Gasteiger partial charge in [-0.25, -0.2) is 19.1 Å². The Labute approximate surface area is 112 Å². The molecule has 0 aliphatic carbocycles. The fourth-order valence-corrected chi connectivity index (χ4v) is 0.719. The van der Waals surface area contributed by atoms with Crippen molar-refractivity contribution in [2.45, 2.75) is 0 Å². The van der Waals surface area contributed by atoms with Crippen LogP contribution >= 0.6 is 0 Å². The van der Waals surface area contributed by atoms with Gasteiger partial charge in [0.15, 0.2) is 0 Å². The van der Waals surface area contributed by atoms with Gasteiger partial charge in [0.1, 0.15) is 0 Å². The van der Waals surface area contributed by atoms with E-state index in [1.807, 2.05) is 48.5 Å². The maximum atomic E-state index is 7.50. The van der Waals surface area contributed by atoms with Crippen LogP contribution in [0.3, 0.4) is 0 Å². The van der Waals surface area contributed by atoms with Gasteiger partial charge in [-0.1, -0.05) is 6.07 Å². The van der Waals surface area contributed by atoms with Crippen molar-refractivity contribution in [3.63, 3.8) is 0 Å². The van der Waals surface area contributed by atoms with Gasteiger partial charge in [-0.05, 0) is 0 Å². The Morgan fingerprint density at radius 1 is 1.00 bits per heavy atom. The first-order chi connectivity index (χ1) is 7.89. The molecule has 0 bridgehead atoms. The van der Waals surface area contributed by atoms with Crippen molar-refractivity contribution in [1.29, 1.82) is 0 Å². The van der Waals surface area contributed by atoms with Crippen LogP contribution in [0.4, 0.5) is 0 Å². The Balaban J connectivity index is -0.000000175. The second-order valence-corrected chi connectivity index (χ2v) is 2.28. The Morgan fingerprint density at radius 2 is 1.53 bits per heavy atom. The molecule has 0 unspecified atom stereocenters. The number of hydrogen-bond acceptors (Lipinski definition) is 1. The topological polar surface area (TPSA) is 52.7 Å². The van der Waals surface area contributed by atoms with Crippen molar-refractivity contribution in [1.82, 2.24) is 4.98 Å². The minimum Gasteiger partial charge on any atom is -0.296 e. The summed E-state index contributed by atoms with van der Waals surface area (Å²) in [7, 11) is 0. The van der Waals surface area contributed by atoms with Crippen LogP contribution in [0, 0.1) is 20.2 Å². The number of pyridine rings is 1. The predicted molar refractivity (Wildman–Crippen MR) is 58.6 cm³/mol. The Kier molecular flexibility index (Phi) is 24.2. The van der Waals surface area contributed by atoms with Gasteiger partial charge in [0.05, 0.1) is 0 Å². The van der Waals surface area contributed by atoms with Gasteiger partial charge in [0.25, 0.3) is 0 Å². The molecule has 0 aliphatic heterocycles. The molecule has 0 amide bonds. The fraction of sp³-hybridized carbons (Fsp3) is 0. The molecule has 0 fully saturated rings. The van der Waals surface area contributed by atoms with Crippen LogP contribution in [0.15, 0.2) is 54.7 Å². The third-order valence-corrected chi connectivity index (χ3v) is 1.28. The van der Waals surface area contributed by atoms with E-state index in [4.69, 9.17) is 9.30 Å². The molecule has 0 saturated carbocycles. The zero-order valence-electron chi connectivity index (χ0n) is 9.02. The van der Waals surface area contributed by atoms with Crippen LogP contribution in [-0.2, 0) is 26.4 Å². The van der Waals surface area contributed by atoms with Crippen LogP contribution in [0.5, 0.6) is 0 Å². The van der Waals surface area contributed by atoms with E-state index in [-0.39, 0.29) is 17.1 Å². The smallest absolute Gasteiger partial charge is 0.296 e. The molecule has 17 heavy (non-hydrogen) atoms. The molecular weight excluding hydrogens is 258 g/mol. The van der Waals surface area contributed by atoms with Gasteiger partial charge in [0, 0.05) is 6.20 Å². The van der Waals surface area contributed by atoms with Gasteiger partial charge in [-0.3, -0.25) is 4.98 Å². The molecule has 0 saturated heterocycles. The number of rotatable bonds is 0. The standard InChI is InChI=1S/C6H6N.C5H5.2CO.Fe/c1-6-4-2-3-5-7-6;1-2-4-5-3-1;2*1-2;/h2-5H,1H2;1-5H;;;/q2*-1;;;+6. The summed E-state index contributed by atoms with van der Waals surface area (Å²) in [4.78, 5) is 3.87. The molecule has 1 aromatic carbocycles. The summed E-state index contributed by atoms with van der Waals surface area (Å²) in [6.45, 7) is 12.6. The summed E-state index contributed by atoms with van der Waals surface area (Å²) in [5.41, 5.74) is 0.822. The molecule has 1 heterocycles. The second-order valence-electron chi connectivity index (χ2n) is 2.28. The molecule has 2 rings (SSSR count). The molecule has 0 aliphatic rings. The van der Waals surface area contributed by atoms with Gasteiger partial charge in [-0.2, -0.15) is 24.3 Å². The van der Waals surface area contributed by atoms with Crippen molar-refractivity contribution >= 4 is 0 Å². The maximum Gasteiger partial charge on any atom is 6.00 e. The molecule has 0 spiro atoms. The van der Waals surface area contributed by atoms with Crippen LogP contribution < -0.4 is 0 Å². The maximum absolute atomic E-state index is 7.50. The van der Waals surface area contributed by atoms with Crippen LogP contribution in [0.2, 0.25) is 0 Å². The van der Waals surface area contributed by atoms with E-state index in [9.17, 15) is 0 Å². The first-order valence-corrected chi connectivity index (χ1v) is 4.20. The summed E-state index contributed by atoms with van der Waals surface area (Å²) < 4.78 is 15.0. The average Bonchev–Trinajstić information content (AvgIpc) is 2.94. The Hall–Kier alpha value is -1.63. The quantitative estimate of drug-likeness (QED) is 0.412. The van der Waals surface area contributed by atoms with Crippen LogP contribution in [0.25, 0.3) is 0 Å². The third kappa shape index (κ3) is 17.0. The van der Waals surface area contributed by atoms with Gasteiger partial charge >= 0.3 is 39.7 Å². The third-order valence-electron chi connectivity index (χ3n) is 1.28. The SMILES string of the molecule is [C-]#[O+].[C-]#[O+].[CH2-]c1ccccn1.[Fe+6].c1cc[cH-]c1. The summed E-state index contributed by atoms with van der Waals surface area (Å²) in [6, 6.07) is 15.6. The number of aromatic nitrogens is 1. The zero-order chi connectivity index (χ0) is 12.6. The van der Waals surface area contributed by atoms with E-state index in [0.29, 0.717) is 0 Å². The van der Waals surface area contributed by atoms with E-state index in [0.717, 1.165) is 5.69 Å². The van der Waals surface area contributed by atoms with E-state index >= 15 is 0 Å². The summed E-state index contributed by atoms with van der Waals surface area (Å²) in [5, 5.41) is 0. The van der Waals surface area contributed by atoms with E-state index < -0.39 is 0 Å². The first kappa shape index (κ1) is 20.7. The molecular formula is C13H11FeNO2+4. The summed E-state index contributed by atoms with van der Waals surface area (Å²) in [5.74, 6) is 0.